The van der Waals surface area contributed by atoms with Gasteiger partial charge < -0.3 is 0 Å². The van der Waals surface area contributed by atoms with Crippen LogP contribution in [0.3, 0.4) is 0 Å². The predicted octanol–water partition coefficient (Wildman–Crippen LogP) is 5.09. The lowest BCUT2D eigenvalue weighted by Gasteiger charge is -2.21. The van der Waals surface area contributed by atoms with Gasteiger partial charge in [-0.2, -0.15) is 0 Å². The van der Waals surface area contributed by atoms with Crippen LogP contribution in [0.15, 0.2) is 24.3 Å². The average Bonchev–Trinajstić information content (AvgIpc) is 2.43. The van der Waals surface area contributed by atoms with Crippen LogP contribution < -0.4 is 10.6 Å². The molecule has 0 heterocycles. The van der Waals surface area contributed by atoms with Crippen LogP contribution in [0.1, 0.15) is 39.5 Å². The third-order valence-corrected chi connectivity index (χ3v) is 10.6. The summed E-state index contributed by atoms with van der Waals surface area (Å²) in [4.78, 5) is 0. The Balaban J connectivity index is 2.95. The van der Waals surface area contributed by atoms with Gasteiger partial charge in [0.2, 0.25) is 0 Å². The SMILES string of the molecule is CCCC[P+](C)(C)c1cccc([P+](C)(C)CCCC)c1. The zero-order valence-electron chi connectivity index (χ0n) is 14.4. The average molecular weight is 312 g/mol. The Kier molecular flexibility index (Phi) is 7.17. The molecule has 1 aromatic carbocycles. The summed E-state index contributed by atoms with van der Waals surface area (Å²) in [5.74, 6) is 0. The number of benzene rings is 1. The molecule has 0 saturated carbocycles. The van der Waals surface area contributed by atoms with Crippen LogP contribution in [-0.2, 0) is 0 Å². The lowest BCUT2D eigenvalue weighted by Crippen LogP contribution is -2.20. The molecule has 0 aliphatic rings. The molecule has 0 bridgehead atoms. The molecule has 0 aromatic heterocycles. The third kappa shape index (κ3) is 5.13. The molecule has 0 aliphatic heterocycles. The van der Waals surface area contributed by atoms with E-state index in [1.807, 2.05) is 0 Å². The minimum Gasteiger partial charge on any atom is -0.0652 e. The van der Waals surface area contributed by atoms with Crippen LogP contribution in [0, 0.1) is 0 Å². The Morgan fingerprint density at radius 2 is 1.15 bits per heavy atom. The van der Waals surface area contributed by atoms with Crippen LogP contribution in [0.25, 0.3) is 0 Å². The quantitative estimate of drug-likeness (QED) is 0.586. The van der Waals surface area contributed by atoms with Gasteiger partial charge in [0.1, 0.15) is 0 Å². The Morgan fingerprint density at radius 3 is 1.50 bits per heavy atom. The Bertz CT molecular complexity index is 372. The maximum absolute atomic E-state index is 2.56. The van der Waals surface area contributed by atoms with E-state index in [1.165, 1.54) is 38.0 Å². The van der Waals surface area contributed by atoms with E-state index >= 15 is 0 Å². The first kappa shape index (κ1) is 18.1. The van der Waals surface area contributed by atoms with Crippen molar-refractivity contribution in [1.29, 1.82) is 0 Å². The molecule has 0 spiro atoms. The topological polar surface area (TPSA) is 0 Å². The van der Waals surface area contributed by atoms with Gasteiger partial charge in [-0.3, -0.25) is 0 Å². The highest BCUT2D eigenvalue weighted by Gasteiger charge is 2.32. The third-order valence-electron chi connectivity index (χ3n) is 4.37. The number of hydrogen-bond acceptors (Lipinski definition) is 0. The van der Waals surface area contributed by atoms with Crippen LogP contribution in [0.5, 0.6) is 0 Å². The van der Waals surface area contributed by atoms with Crippen molar-refractivity contribution in [3.63, 3.8) is 0 Å². The maximum Gasteiger partial charge on any atom is 0.0972 e. The van der Waals surface area contributed by atoms with E-state index in [1.54, 1.807) is 10.6 Å². The molecule has 1 aromatic rings. The molecule has 0 radical (unpaired) electrons. The van der Waals surface area contributed by atoms with Gasteiger partial charge in [-0.05, 0) is 25.0 Å². The Morgan fingerprint density at radius 1 is 0.750 bits per heavy atom. The van der Waals surface area contributed by atoms with Crippen LogP contribution >= 0.6 is 14.5 Å². The zero-order chi connectivity index (χ0) is 15.2. The highest BCUT2D eigenvalue weighted by Crippen LogP contribution is 2.53. The van der Waals surface area contributed by atoms with Gasteiger partial charge in [0.05, 0.1) is 49.6 Å². The molecule has 20 heavy (non-hydrogen) atoms. The second kappa shape index (κ2) is 7.91. The first-order chi connectivity index (χ1) is 9.33. The zero-order valence-corrected chi connectivity index (χ0v) is 16.2. The smallest absolute Gasteiger partial charge is 0.0652 e. The van der Waals surface area contributed by atoms with Gasteiger partial charge in [-0.15, -0.1) is 0 Å². The summed E-state index contributed by atoms with van der Waals surface area (Å²) in [7, 11) is -1.83. The van der Waals surface area contributed by atoms with Gasteiger partial charge >= 0.3 is 0 Å². The lowest BCUT2D eigenvalue weighted by atomic mass is 10.4. The van der Waals surface area contributed by atoms with Crippen LogP contribution in [0.2, 0.25) is 0 Å². The maximum atomic E-state index is 2.56. The molecule has 2 heteroatoms. The minimum atomic E-state index is -0.916. The number of unbranched alkanes of at least 4 members (excludes halogenated alkanes) is 2. The van der Waals surface area contributed by atoms with Crippen molar-refractivity contribution in [3.05, 3.63) is 24.3 Å². The molecular weight excluding hydrogens is 278 g/mol. The Labute approximate surface area is 128 Å². The van der Waals surface area contributed by atoms with Crippen LogP contribution in [-0.4, -0.2) is 39.0 Å². The van der Waals surface area contributed by atoms with Crippen molar-refractivity contribution in [1.82, 2.24) is 0 Å². The fourth-order valence-electron chi connectivity index (χ4n) is 2.61. The van der Waals surface area contributed by atoms with Gasteiger partial charge in [0.25, 0.3) is 0 Å². The fourth-order valence-corrected chi connectivity index (χ4v) is 7.40. The van der Waals surface area contributed by atoms with Gasteiger partial charge in [0.15, 0.2) is 0 Å². The molecule has 1 rings (SSSR count). The van der Waals surface area contributed by atoms with E-state index in [-0.39, 0.29) is 0 Å². The molecule has 0 atom stereocenters. The summed E-state index contributed by atoms with van der Waals surface area (Å²) in [5, 5.41) is 3.29. The molecular formula is C18H34P2+2. The van der Waals surface area contributed by atoms with Gasteiger partial charge in [-0.25, -0.2) is 0 Å². The molecule has 0 saturated heterocycles. The monoisotopic (exact) mass is 312 g/mol. The molecule has 0 fully saturated rings. The summed E-state index contributed by atoms with van der Waals surface area (Å²) in [6.45, 7) is 14.7. The second-order valence-corrected chi connectivity index (χ2v) is 15.7. The van der Waals surface area contributed by atoms with Crippen molar-refractivity contribution in [2.45, 2.75) is 39.5 Å². The van der Waals surface area contributed by atoms with E-state index in [0.29, 0.717) is 0 Å². The number of rotatable bonds is 8. The highest BCUT2D eigenvalue weighted by molar-refractivity contribution is 7.83. The standard InChI is InChI=1S/C18H34P2/c1-7-9-14-19(3,4)17-12-11-13-18(16-17)20(5,6)15-10-8-2/h11-13,16H,7-10,14-15H2,1-6H3/q+2. The molecule has 0 unspecified atom stereocenters. The summed E-state index contributed by atoms with van der Waals surface area (Å²) in [6.07, 6.45) is 8.19. The van der Waals surface area contributed by atoms with Crippen molar-refractivity contribution in [3.8, 4) is 0 Å². The fraction of sp³-hybridized carbons (Fsp3) is 0.667. The van der Waals surface area contributed by atoms with Gasteiger partial charge in [0, 0.05) is 20.6 Å². The van der Waals surface area contributed by atoms with Crippen molar-refractivity contribution < 1.29 is 0 Å². The molecule has 0 aliphatic carbocycles. The predicted molar refractivity (Wildman–Crippen MR) is 103 cm³/mol. The number of hydrogen-bond donors (Lipinski definition) is 0. The largest absolute Gasteiger partial charge is 0.0972 e. The molecule has 0 amide bonds. The van der Waals surface area contributed by atoms with Crippen molar-refractivity contribution in [2.75, 3.05) is 39.0 Å². The highest BCUT2D eigenvalue weighted by atomic mass is 31.2. The van der Waals surface area contributed by atoms with Crippen molar-refractivity contribution in [2.24, 2.45) is 0 Å². The molecule has 0 nitrogen and oxygen atoms in total. The van der Waals surface area contributed by atoms with Crippen LogP contribution in [0.4, 0.5) is 0 Å². The second-order valence-electron chi connectivity index (χ2n) is 7.04. The minimum absolute atomic E-state index is 0.916. The summed E-state index contributed by atoms with van der Waals surface area (Å²) < 4.78 is 0. The van der Waals surface area contributed by atoms with E-state index in [4.69, 9.17) is 0 Å². The first-order valence-electron chi connectivity index (χ1n) is 8.10. The molecule has 114 valence electrons. The van der Waals surface area contributed by atoms with E-state index in [0.717, 1.165) is 0 Å². The normalized spacial score (nSPS) is 12.7. The van der Waals surface area contributed by atoms with Crippen molar-refractivity contribution >= 4 is 25.1 Å². The van der Waals surface area contributed by atoms with Gasteiger partial charge in [-0.1, -0.05) is 32.8 Å². The van der Waals surface area contributed by atoms with E-state index in [2.05, 4.69) is 64.8 Å². The summed E-state index contributed by atoms with van der Waals surface area (Å²) in [5.41, 5.74) is 0. The lowest BCUT2D eigenvalue weighted by molar-refractivity contribution is 0.890. The Hall–Kier alpha value is 0.0800. The van der Waals surface area contributed by atoms with E-state index in [9.17, 15) is 0 Å². The molecule has 0 N–H and O–H groups in total. The summed E-state index contributed by atoms with van der Waals surface area (Å²) >= 11 is 0. The van der Waals surface area contributed by atoms with E-state index < -0.39 is 14.5 Å². The first-order valence-corrected chi connectivity index (χ1v) is 13.8. The summed E-state index contributed by atoms with van der Waals surface area (Å²) in [6, 6.07) is 9.64.